The lowest BCUT2D eigenvalue weighted by Crippen LogP contribution is -2.43. The van der Waals surface area contributed by atoms with Crippen molar-refractivity contribution in [3.8, 4) is 0 Å². The molecule has 3 nitrogen and oxygen atoms in total. The molecule has 2 atom stereocenters. The highest BCUT2D eigenvalue weighted by atomic mass is 32.1. The third-order valence-corrected chi connectivity index (χ3v) is 4.39. The Labute approximate surface area is 125 Å². The van der Waals surface area contributed by atoms with Gasteiger partial charge in [0.25, 0.3) is 0 Å². The molecule has 2 unspecified atom stereocenters. The summed E-state index contributed by atoms with van der Waals surface area (Å²) in [5.41, 5.74) is 6.63. The minimum atomic E-state index is -0.532. The summed E-state index contributed by atoms with van der Waals surface area (Å²) in [6.07, 6.45) is 4.93. The molecule has 1 aromatic carbocycles. The van der Waals surface area contributed by atoms with Gasteiger partial charge in [-0.1, -0.05) is 55.4 Å². The van der Waals surface area contributed by atoms with Crippen LogP contribution in [0.25, 0.3) is 0 Å². The molecular weight excluding hydrogens is 268 g/mol. The summed E-state index contributed by atoms with van der Waals surface area (Å²) in [6.45, 7) is 2.08. The fraction of sp³-hybridized carbons (Fsp3) is 0.500. The lowest BCUT2D eigenvalue weighted by Gasteiger charge is -2.23. The molecule has 1 aromatic rings. The first-order valence-electron chi connectivity index (χ1n) is 7.24. The van der Waals surface area contributed by atoms with Crippen molar-refractivity contribution in [2.45, 2.75) is 44.6 Å². The predicted molar refractivity (Wildman–Crippen MR) is 85.5 cm³/mol. The van der Waals surface area contributed by atoms with Crippen molar-refractivity contribution in [1.82, 2.24) is 5.32 Å². The number of carbonyl (C=O) groups excluding carboxylic acids is 1. The fourth-order valence-electron chi connectivity index (χ4n) is 2.97. The number of carbonyl (C=O) groups is 1. The normalized spacial score (nSPS) is 18.4. The Balaban J connectivity index is 2.06. The second kappa shape index (κ2) is 6.84. The number of thiocarbonyl (C=S) groups is 1. The first-order chi connectivity index (χ1) is 9.59. The van der Waals surface area contributed by atoms with Gasteiger partial charge in [0.15, 0.2) is 0 Å². The number of benzene rings is 1. The average Bonchev–Trinajstić information content (AvgIpc) is 2.93. The summed E-state index contributed by atoms with van der Waals surface area (Å²) < 4.78 is 0. The average molecular weight is 290 g/mol. The smallest absolute Gasteiger partial charge is 0.234 e. The van der Waals surface area contributed by atoms with Crippen molar-refractivity contribution >= 4 is 23.1 Å². The van der Waals surface area contributed by atoms with Gasteiger partial charge in [-0.15, -0.1) is 0 Å². The molecule has 1 saturated carbocycles. The van der Waals surface area contributed by atoms with Crippen molar-refractivity contribution in [2.75, 3.05) is 0 Å². The van der Waals surface area contributed by atoms with Gasteiger partial charge in [0.2, 0.25) is 5.91 Å². The van der Waals surface area contributed by atoms with E-state index in [0.29, 0.717) is 5.92 Å². The van der Waals surface area contributed by atoms with Crippen LogP contribution in [0.15, 0.2) is 30.3 Å². The van der Waals surface area contributed by atoms with Crippen LogP contribution in [0.4, 0.5) is 0 Å². The Morgan fingerprint density at radius 1 is 1.30 bits per heavy atom. The Hall–Kier alpha value is -1.42. The molecule has 0 aliphatic heterocycles. The molecule has 4 heteroatoms. The summed E-state index contributed by atoms with van der Waals surface area (Å²) in [6, 6.07) is 9.68. The minimum Gasteiger partial charge on any atom is -0.392 e. The van der Waals surface area contributed by atoms with Crippen LogP contribution in [-0.4, -0.2) is 16.9 Å². The third-order valence-electron chi connectivity index (χ3n) is 4.16. The van der Waals surface area contributed by atoms with E-state index >= 15 is 0 Å². The van der Waals surface area contributed by atoms with Crippen molar-refractivity contribution in [1.29, 1.82) is 0 Å². The lowest BCUT2D eigenvalue weighted by molar-refractivity contribution is -0.122. The number of hydrogen-bond donors (Lipinski definition) is 2. The van der Waals surface area contributed by atoms with Gasteiger partial charge in [-0.25, -0.2) is 0 Å². The zero-order valence-electron chi connectivity index (χ0n) is 11.8. The van der Waals surface area contributed by atoms with Gasteiger partial charge in [0.05, 0.1) is 4.99 Å². The summed E-state index contributed by atoms with van der Waals surface area (Å²) in [5.74, 6) is -0.0279. The third kappa shape index (κ3) is 3.57. The van der Waals surface area contributed by atoms with E-state index in [1.54, 1.807) is 0 Å². The van der Waals surface area contributed by atoms with Crippen LogP contribution < -0.4 is 11.1 Å². The molecule has 0 heterocycles. The van der Waals surface area contributed by atoms with Crippen LogP contribution in [0.5, 0.6) is 0 Å². The van der Waals surface area contributed by atoms with E-state index in [-0.39, 0.29) is 16.9 Å². The standard InChI is InChI=1S/C16H22N2OS/c1-11(12-7-5-6-8-12)18-16(19)14(15(17)20)13-9-3-2-4-10-13/h2-4,9-12,14H,5-8H2,1H3,(H2,17,20)(H,18,19). The molecule has 0 radical (unpaired) electrons. The van der Waals surface area contributed by atoms with Gasteiger partial charge in [0, 0.05) is 6.04 Å². The molecule has 0 spiro atoms. The maximum Gasteiger partial charge on any atom is 0.234 e. The second-order valence-electron chi connectivity index (χ2n) is 5.59. The number of hydrogen-bond acceptors (Lipinski definition) is 2. The second-order valence-corrected chi connectivity index (χ2v) is 6.06. The number of nitrogens with two attached hydrogens (primary N) is 1. The van der Waals surface area contributed by atoms with Crippen molar-refractivity contribution < 1.29 is 4.79 Å². The highest BCUT2D eigenvalue weighted by molar-refractivity contribution is 7.80. The van der Waals surface area contributed by atoms with Crippen molar-refractivity contribution in [3.63, 3.8) is 0 Å². The Morgan fingerprint density at radius 3 is 2.45 bits per heavy atom. The first kappa shape index (κ1) is 15.0. The fourth-order valence-corrected chi connectivity index (χ4v) is 3.22. The van der Waals surface area contributed by atoms with E-state index in [9.17, 15) is 4.79 Å². The van der Waals surface area contributed by atoms with Gasteiger partial charge in [-0.05, 0) is 31.2 Å². The van der Waals surface area contributed by atoms with Crippen LogP contribution in [0.1, 0.15) is 44.1 Å². The predicted octanol–water partition coefficient (Wildman–Crippen LogP) is 2.75. The van der Waals surface area contributed by atoms with Gasteiger partial charge in [-0.2, -0.15) is 0 Å². The summed E-state index contributed by atoms with van der Waals surface area (Å²) in [4.78, 5) is 12.7. The molecule has 0 saturated heterocycles. The number of rotatable bonds is 5. The molecule has 1 aliphatic rings. The topological polar surface area (TPSA) is 55.1 Å². The minimum absolute atomic E-state index is 0.0805. The lowest BCUT2D eigenvalue weighted by atomic mass is 9.95. The van der Waals surface area contributed by atoms with Crippen molar-refractivity contribution in [2.24, 2.45) is 11.7 Å². The van der Waals surface area contributed by atoms with Gasteiger partial charge < -0.3 is 11.1 Å². The van der Waals surface area contributed by atoms with Crippen LogP contribution in [-0.2, 0) is 4.79 Å². The molecule has 1 amide bonds. The molecular formula is C16H22N2OS. The summed E-state index contributed by atoms with van der Waals surface area (Å²) >= 11 is 5.08. The summed E-state index contributed by atoms with van der Waals surface area (Å²) in [7, 11) is 0. The molecule has 0 aromatic heterocycles. The zero-order valence-corrected chi connectivity index (χ0v) is 12.7. The molecule has 20 heavy (non-hydrogen) atoms. The molecule has 1 aliphatic carbocycles. The van der Waals surface area contributed by atoms with E-state index in [0.717, 1.165) is 5.56 Å². The van der Waals surface area contributed by atoms with Crippen LogP contribution >= 0.6 is 12.2 Å². The van der Waals surface area contributed by atoms with Gasteiger partial charge in [-0.3, -0.25) is 4.79 Å². The molecule has 108 valence electrons. The quantitative estimate of drug-likeness (QED) is 0.820. The Kier molecular flexibility index (Phi) is 5.12. The molecule has 3 N–H and O–H groups in total. The van der Waals surface area contributed by atoms with Gasteiger partial charge in [0.1, 0.15) is 5.92 Å². The number of nitrogens with one attached hydrogen (secondary N) is 1. The Morgan fingerprint density at radius 2 is 1.90 bits per heavy atom. The highest BCUT2D eigenvalue weighted by Gasteiger charge is 2.28. The molecule has 1 fully saturated rings. The van der Waals surface area contributed by atoms with Crippen LogP contribution in [0.3, 0.4) is 0 Å². The first-order valence-corrected chi connectivity index (χ1v) is 7.65. The molecule has 2 rings (SSSR count). The monoisotopic (exact) mass is 290 g/mol. The zero-order chi connectivity index (χ0) is 14.5. The maximum absolute atomic E-state index is 12.5. The van der Waals surface area contributed by atoms with E-state index < -0.39 is 5.92 Å². The van der Waals surface area contributed by atoms with E-state index in [1.807, 2.05) is 30.3 Å². The van der Waals surface area contributed by atoms with E-state index in [2.05, 4.69) is 12.2 Å². The van der Waals surface area contributed by atoms with Crippen molar-refractivity contribution in [3.05, 3.63) is 35.9 Å². The van der Waals surface area contributed by atoms with Crippen LogP contribution in [0, 0.1) is 5.92 Å². The Bertz CT molecular complexity index is 469. The largest absolute Gasteiger partial charge is 0.392 e. The maximum atomic E-state index is 12.5. The highest BCUT2D eigenvalue weighted by Crippen LogP contribution is 2.28. The van der Waals surface area contributed by atoms with E-state index in [4.69, 9.17) is 18.0 Å². The summed E-state index contributed by atoms with van der Waals surface area (Å²) in [5, 5.41) is 3.10. The van der Waals surface area contributed by atoms with Gasteiger partial charge >= 0.3 is 0 Å². The molecule has 0 bridgehead atoms. The number of amides is 1. The van der Waals surface area contributed by atoms with Crippen LogP contribution in [0.2, 0.25) is 0 Å². The SMILES string of the molecule is CC(NC(=O)C(C(N)=S)c1ccccc1)C1CCCC1. The van der Waals surface area contributed by atoms with E-state index in [1.165, 1.54) is 25.7 Å².